The van der Waals surface area contributed by atoms with E-state index in [-0.39, 0.29) is 0 Å². The molecule has 0 radical (unpaired) electrons. The molecule has 4 aromatic rings. The fraction of sp³-hybridized carbons (Fsp3) is 0. The number of aromatic nitrogens is 4. The van der Waals surface area contributed by atoms with E-state index >= 15 is 0 Å². The van der Waals surface area contributed by atoms with Crippen molar-refractivity contribution in [1.29, 1.82) is 0 Å². The fourth-order valence-corrected chi connectivity index (χ4v) is 2.49. The highest BCUT2D eigenvalue weighted by Gasteiger charge is 2.15. The monoisotopic (exact) mass is 287 g/mol. The van der Waals surface area contributed by atoms with Crippen LogP contribution in [0.4, 0.5) is 5.82 Å². The molecule has 5 nitrogen and oxygen atoms in total. The molecule has 3 aromatic heterocycles. The highest BCUT2D eigenvalue weighted by molar-refractivity contribution is 5.84. The Bertz CT molecular complexity index is 929. The van der Waals surface area contributed by atoms with Crippen molar-refractivity contribution in [2.45, 2.75) is 0 Å². The molecule has 0 saturated carbocycles. The van der Waals surface area contributed by atoms with Crippen LogP contribution in [0.15, 0.2) is 67.1 Å². The van der Waals surface area contributed by atoms with Crippen molar-refractivity contribution in [2.24, 2.45) is 0 Å². The molecule has 0 aliphatic carbocycles. The zero-order valence-corrected chi connectivity index (χ0v) is 11.7. The Hall–Kier alpha value is -3.21. The lowest BCUT2D eigenvalue weighted by atomic mass is 10.1. The summed E-state index contributed by atoms with van der Waals surface area (Å²) in [6.45, 7) is 0. The van der Waals surface area contributed by atoms with E-state index in [0.717, 1.165) is 22.4 Å². The van der Waals surface area contributed by atoms with Gasteiger partial charge in [-0.25, -0.2) is 9.50 Å². The maximum atomic E-state index is 6.06. The van der Waals surface area contributed by atoms with Gasteiger partial charge >= 0.3 is 0 Å². The summed E-state index contributed by atoms with van der Waals surface area (Å²) in [6.07, 6.45) is 5.50. The lowest BCUT2D eigenvalue weighted by Crippen LogP contribution is -1.92. The molecule has 0 fully saturated rings. The molecule has 0 spiro atoms. The standard InChI is InChI=1S/C17H13N5/c18-16-15(14-8-4-5-9-19-14)17-20-10-13(11-22(17)21-16)12-6-2-1-3-7-12/h1-11H,(H2,18,21). The molecule has 0 saturated heterocycles. The van der Waals surface area contributed by atoms with E-state index in [9.17, 15) is 0 Å². The summed E-state index contributed by atoms with van der Waals surface area (Å²) in [6, 6.07) is 15.7. The molecule has 22 heavy (non-hydrogen) atoms. The Kier molecular flexibility index (Phi) is 2.83. The van der Waals surface area contributed by atoms with Crippen LogP contribution in [0.2, 0.25) is 0 Å². The Balaban J connectivity index is 1.90. The number of anilines is 1. The van der Waals surface area contributed by atoms with E-state index in [2.05, 4.69) is 15.1 Å². The van der Waals surface area contributed by atoms with Gasteiger partial charge in [0.1, 0.15) is 0 Å². The number of fused-ring (bicyclic) bond motifs is 1. The van der Waals surface area contributed by atoms with Gasteiger partial charge in [-0.05, 0) is 17.7 Å². The van der Waals surface area contributed by atoms with Crippen LogP contribution in [0.1, 0.15) is 0 Å². The number of nitrogens with zero attached hydrogens (tertiary/aromatic N) is 4. The van der Waals surface area contributed by atoms with E-state index < -0.39 is 0 Å². The summed E-state index contributed by atoms with van der Waals surface area (Å²) in [5.41, 5.74) is 10.4. The molecule has 106 valence electrons. The lowest BCUT2D eigenvalue weighted by molar-refractivity contribution is 0.947. The van der Waals surface area contributed by atoms with Gasteiger partial charge in [0.15, 0.2) is 11.5 Å². The van der Waals surface area contributed by atoms with Crippen LogP contribution >= 0.6 is 0 Å². The molecule has 0 amide bonds. The quantitative estimate of drug-likeness (QED) is 0.615. The van der Waals surface area contributed by atoms with E-state index in [0.29, 0.717) is 11.5 Å². The van der Waals surface area contributed by atoms with Gasteiger partial charge in [-0.3, -0.25) is 4.98 Å². The summed E-state index contributed by atoms with van der Waals surface area (Å²) in [5.74, 6) is 0.427. The van der Waals surface area contributed by atoms with Crippen molar-refractivity contribution in [2.75, 3.05) is 5.73 Å². The van der Waals surface area contributed by atoms with Crippen LogP contribution in [-0.4, -0.2) is 19.6 Å². The average molecular weight is 287 g/mol. The van der Waals surface area contributed by atoms with Gasteiger partial charge in [0.25, 0.3) is 0 Å². The highest BCUT2D eigenvalue weighted by Crippen LogP contribution is 2.28. The van der Waals surface area contributed by atoms with Crippen molar-refractivity contribution >= 4 is 11.5 Å². The van der Waals surface area contributed by atoms with Gasteiger partial charge in [0, 0.05) is 24.2 Å². The predicted molar refractivity (Wildman–Crippen MR) is 86.1 cm³/mol. The molecule has 3 heterocycles. The third-order valence-corrected chi connectivity index (χ3v) is 3.53. The Labute approximate surface area is 127 Å². The number of hydrogen-bond donors (Lipinski definition) is 1. The van der Waals surface area contributed by atoms with Gasteiger partial charge in [-0.15, -0.1) is 5.10 Å². The number of rotatable bonds is 2. The first kappa shape index (κ1) is 12.5. The van der Waals surface area contributed by atoms with Crippen LogP contribution < -0.4 is 5.73 Å². The predicted octanol–water partition coefficient (Wildman–Crippen LogP) is 3.04. The topological polar surface area (TPSA) is 69.1 Å². The molecule has 1 aromatic carbocycles. The smallest absolute Gasteiger partial charge is 0.166 e. The fourth-order valence-electron chi connectivity index (χ4n) is 2.49. The Morgan fingerprint density at radius 3 is 2.45 bits per heavy atom. The van der Waals surface area contributed by atoms with E-state index in [4.69, 9.17) is 5.73 Å². The maximum Gasteiger partial charge on any atom is 0.166 e. The van der Waals surface area contributed by atoms with Crippen LogP contribution in [0.5, 0.6) is 0 Å². The number of nitrogen functional groups attached to an aromatic ring is 1. The molecule has 0 atom stereocenters. The molecule has 0 unspecified atom stereocenters. The zero-order chi connectivity index (χ0) is 14.9. The molecule has 5 heteroatoms. The minimum atomic E-state index is 0.427. The van der Waals surface area contributed by atoms with E-state index in [1.165, 1.54) is 0 Å². The second kappa shape index (κ2) is 4.96. The molecular formula is C17H13N5. The molecule has 0 aliphatic heterocycles. The van der Waals surface area contributed by atoms with Gasteiger partial charge in [0.2, 0.25) is 0 Å². The van der Waals surface area contributed by atoms with Crippen LogP contribution in [0.25, 0.3) is 28.0 Å². The summed E-state index contributed by atoms with van der Waals surface area (Å²) >= 11 is 0. The van der Waals surface area contributed by atoms with Gasteiger partial charge < -0.3 is 5.73 Å². The van der Waals surface area contributed by atoms with E-state index in [1.54, 1.807) is 10.7 Å². The summed E-state index contributed by atoms with van der Waals surface area (Å²) in [5, 5.41) is 4.37. The highest BCUT2D eigenvalue weighted by atomic mass is 15.3. The normalized spacial score (nSPS) is 10.9. The number of hydrogen-bond acceptors (Lipinski definition) is 4. The van der Waals surface area contributed by atoms with Gasteiger partial charge in [0.05, 0.1) is 11.3 Å². The van der Waals surface area contributed by atoms with Gasteiger partial charge in [-0.1, -0.05) is 36.4 Å². The van der Waals surface area contributed by atoms with Crippen molar-refractivity contribution < 1.29 is 0 Å². The first-order chi connectivity index (χ1) is 10.8. The SMILES string of the molecule is Nc1nn2cc(-c3ccccc3)cnc2c1-c1ccccn1. The van der Waals surface area contributed by atoms with Gasteiger partial charge in [-0.2, -0.15) is 0 Å². The first-order valence-corrected chi connectivity index (χ1v) is 6.93. The van der Waals surface area contributed by atoms with Crippen LogP contribution in [0, 0.1) is 0 Å². The molecule has 2 N–H and O–H groups in total. The number of benzene rings is 1. The third-order valence-electron chi connectivity index (χ3n) is 3.53. The third kappa shape index (κ3) is 2.00. The minimum absolute atomic E-state index is 0.427. The van der Waals surface area contributed by atoms with Crippen molar-refractivity contribution in [3.63, 3.8) is 0 Å². The van der Waals surface area contributed by atoms with Crippen LogP contribution in [0.3, 0.4) is 0 Å². The lowest BCUT2D eigenvalue weighted by Gasteiger charge is -2.02. The zero-order valence-electron chi connectivity index (χ0n) is 11.7. The summed E-state index contributed by atoms with van der Waals surface area (Å²) in [4.78, 5) is 8.87. The average Bonchev–Trinajstić information content (AvgIpc) is 2.91. The maximum absolute atomic E-state index is 6.06. The summed E-state index contributed by atoms with van der Waals surface area (Å²) < 4.78 is 1.71. The van der Waals surface area contributed by atoms with Crippen molar-refractivity contribution in [3.05, 3.63) is 67.1 Å². The Morgan fingerprint density at radius 1 is 0.864 bits per heavy atom. The number of nitrogens with two attached hydrogens (primary N) is 1. The van der Waals surface area contributed by atoms with Crippen molar-refractivity contribution in [3.8, 4) is 22.4 Å². The Morgan fingerprint density at radius 2 is 1.68 bits per heavy atom. The first-order valence-electron chi connectivity index (χ1n) is 6.93. The van der Waals surface area contributed by atoms with Crippen molar-refractivity contribution in [1.82, 2.24) is 19.6 Å². The second-order valence-corrected chi connectivity index (χ2v) is 4.95. The number of pyridine rings is 1. The van der Waals surface area contributed by atoms with E-state index in [1.807, 2.05) is 60.9 Å². The molecular weight excluding hydrogens is 274 g/mol. The summed E-state index contributed by atoms with van der Waals surface area (Å²) in [7, 11) is 0. The molecule has 4 rings (SSSR count). The molecule has 0 aliphatic rings. The molecule has 0 bridgehead atoms. The largest absolute Gasteiger partial charge is 0.382 e. The van der Waals surface area contributed by atoms with Crippen LogP contribution in [-0.2, 0) is 0 Å². The second-order valence-electron chi connectivity index (χ2n) is 4.95. The minimum Gasteiger partial charge on any atom is -0.382 e.